The molecule has 6 heteroatoms. The van der Waals surface area contributed by atoms with Crippen LogP contribution in [-0.2, 0) is 6.54 Å². The number of nitrogens with zero attached hydrogens (tertiary/aromatic N) is 1. The van der Waals surface area contributed by atoms with Crippen molar-refractivity contribution in [2.45, 2.75) is 26.1 Å². The van der Waals surface area contributed by atoms with Crippen molar-refractivity contribution in [3.63, 3.8) is 0 Å². The number of hydrogen-bond donors (Lipinski definition) is 1. The lowest BCUT2D eigenvalue weighted by atomic mass is 10.1. The highest BCUT2D eigenvalue weighted by atomic mass is 19.4. The summed E-state index contributed by atoms with van der Waals surface area (Å²) < 4.78 is 50.2. The first-order chi connectivity index (χ1) is 9.83. The monoisotopic (exact) mass is 304 g/mol. The molecule has 0 unspecified atom stereocenters. The van der Waals surface area contributed by atoms with Crippen molar-refractivity contribution in [3.05, 3.63) is 35.1 Å². The first-order valence-electron chi connectivity index (χ1n) is 7.08. The Morgan fingerprint density at radius 1 is 1.33 bits per heavy atom. The average molecular weight is 304 g/mol. The molecular weight excluding hydrogens is 284 g/mol. The van der Waals surface area contributed by atoms with E-state index in [9.17, 15) is 17.6 Å². The van der Waals surface area contributed by atoms with Crippen LogP contribution in [0.1, 0.15) is 17.5 Å². The molecule has 2 nitrogen and oxygen atoms in total. The minimum Gasteiger partial charge on any atom is -0.312 e. The number of aryl methyl sites for hydroxylation is 1. The molecule has 1 aliphatic rings. The third-order valence-corrected chi connectivity index (χ3v) is 3.77. The van der Waals surface area contributed by atoms with Gasteiger partial charge in [-0.05, 0) is 49.5 Å². The van der Waals surface area contributed by atoms with Gasteiger partial charge in [-0.3, -0.25) is 4.90 Å². The normalized spacial score (nSPS) is 20.1. The molecule has 0 bridgehead atoms. The third-order valence-electron chi connectivity index (χ3n) is 3.77. The summed E-state index contributed by atoms with van der Waals surface area (Å²) in [5.74, 6) is -0.00540. The summed E-state index contributed by atoms with van der Waals surface area (Å²) in [6.45, 7) is 3.03. The van der Waals surface area contributed by atoms with Gasteiger partial charge in [0.05, 0.1) is 6.54 Å². The Balaban J connectivity index is 1.71. The Bertz CT molecular complexity index is 473. The predicted molar refractivity (Wildman–Crippen MR) is 73.4 cm³/mol. The molecule has 0 aromatic heterocycles. The highest BCUT2D eigenvalue weighted by molar-refractivity contribution is 5.23. The van der Waals surface area contributed by atoms with E-state index in [1.165, 1.54) is 11.0 Å². The van der Waals surface area contributed by atoms with Crippen molar-refractivity contribution < 1.29 is 17.6 Å². The molecule has 1 saturated heterocycles. The van der Waals surface area contributed by atoms with E-state index in [0.717, 1.165) is 12.0 Å². The summed E-state index contributed by atoms with van der Waals surface area (Å²) in [5, 5.41) is 3.20. The SMILES string of the molecule is Cc1ccc(CNC[C@@H]2CCN(CC(F)(F)F)C2)cc1F. The second-order valence-corrected chi connectivity index (χ2v) is 5.72. The van der Waals surface area contributed by atoms with Crippen LogP contribution in [0.3, 0.4) is 0 Å². The van der Waals surface area contributed by atoms with Crippen molar-refractivity contribution in [3.8, 4) is 0 Å². The maximum absolute atomic E-state index is 13.4. The van der Waals surface area contributed by atoms with Gasteiger partial charge in [0.2, 0.25) is 0 Å². The Kier molecular flexibility index (Phi) is 5.22. The molecule has 1 aromatic rings. The van der Waals surface area contributed by atoms with Crippen LogP contribution >= 0.6 is 0 Å². The number of halogens is 4. The smallest absolute Gasteiger partial charge is 0.312 e. The maximum atomic E-state index is 13.4. The standard InChI is InChI=1S/C15H20F4N2/c1-11-2-3-12(6-14(11)16)7-20-8-13-4-5-21(9-13)10-15(17,18)19/h2-3,6,13,20H,4-5,7-10H2,1H3/t13-/m0/s1. The van der Waals surface area contributed by atoms with Gasteiger partial charge in [-0.25, -0.2) is 4.39 Å². The lowest BCUT2D eigenvalue weighted by molar-refractivity contribution is -0.143. The third kappa shape index (κ3) is 5.28. The van der Waals surface area contributed by atoms with Gasteiger partial charge < -0.3 is 5.32 Å². The molecule has 0 spiro atoms. The first-order valence-corrected chi connectivity index (χ1v) is 7.08. The summed E-state index contributed by atoms with van der Waals surface area (Å²) in [6.07, 6.45) is -3.35. The molecule has 1 N–H and O–H groups in total. The van der Waals surface area contributed by atoms with E-state index in [-0.39, 0.29) is 11.7 Å². The zero-order valence-electron chi connectivity index (χ0n) is 12.0. The quantitative estimate of drug-likeness (QED) is 0.841. The second-order valence-electron chi connectivity index (χ2n) is 5.72. The number of nitrogens with one attached hydrogen (secondary N) is 1. The number of hydrogen-bond acceptors (Lipinski definition) is 2. The number of likely N-dealkylation sites (tertiary alicyclic amines) is 1. The van der Waals surface area contributed by atoms with Crippen molar-refractivity contribution >= 4 is 0 Å². The minimum atomic E-state index is -4.12. The van der Waals surface area contributed by atoms with Crippen molar-refractivity contribution in [1.82, 2.24) is 10.2 Å². The fourth-order valence-electron chi connectivity index (χ4n) is 2.64. The first kappa shape index (κ1) is 16.2. The molecule has 0 saturated carbocycles. The van der Waals surface area contributed by atoms with Gasteiger partial charge in [0.15, 0.2) is 0 Å². The number of alkyl halides is 3. The lowest BCUT2D eigenvalue weighted by Crippen LogP contribution is -2.33. The molecule has 21 heavy (non-hydrogen) atoms. The molecule has 2 rings (SSSR count). The van der Waals surface area contributed by atoms with Gasteiger partial charge in [0, 0.05) is 13.1 Å². The molecule has 0 amide bonds. The number of benzene rings is 1. The molecular formula is C15H20F4N2. The Hall–Kier alpha value is -1.14. The topological polar surface area (TPSA) is 15.3 Å². The maximum Gasteiger partial charge on any atom is 0.401 e. The van der Waals surface area contributed by atoms with Crippen LogP contribution in [0.15, 0.2) is 18.2 Å². The molecule has 1 atom stereocenters. The summed E-state index contributed by atoms with van der Waals surface area (Å²) in [6, 6.07) is 5.08. The summed E-state index contributed by atoms with van der Waals surface area (Å²) >= 11 is 0. The van der Waals surface area contributed by atoms with E-state index < -0.39 is 12.7 Å². The van der Waals surface area contributed by atoms with Crippen molar-refractivity contribution in [2.75, 3.05) is 26.2 Å². The van der Waals surface area contributed by atoms with E-state index in [0.29, 0.717) is 31.7 Å². The molecule has 1 aliphatic heterocycles. The zero-order chi connectivity index (χ0) is 15.5. The Morgan fingerprint density at radius 2 is 2.10 bits per heavy atom. The molecule has 0 aliphatic carbocycles. The van der Waals surface area contributed by atoms with E-state index in [1.54, 1.807) is 13.0 Å². The number of rotatable bonds is 5. The van der Waals surface area contributed by atoms with Gasteiger partial charge in [-0.2, -0.15) is 13.2 Å². The van der Waals surface area contributed by atoms with Crippen molar-refractivity contribution in [1.29, 1.82) is 0 Å². The van der Waals surface area contributed by atoms with Gasteiger partial charge in [0.1, 0.15) is 5.82 Å². The van der Waals surface area contributed by atoms with Gasteiger partial charge in [0.25, 0.3) is 0 Å². The van der Waals surface area contributed by atoms with Crippen LogP contribution in [0.2, 0.25) is 0 Å². The highest BCUT2D eigenvalue weighted by Crippen LogP contribution is 2.22. The summed E-state index contributed by atoms with van der Waals surface area (Å²) in [7, 11) is 0. The van der Waals surface area contributed by atoms with Crippen LogP contribution in [-0.4, -0.2) is 37.3 Å². The molecule has 0 radical (unpaired) electrons. The lowest BCUT2D eigenvalue weighted by Gasteiger charge is -2.18. The molecule has 118 valence electrons. The van der Waals surface area contributed by atoms with E-state index in [4.69, 9.17) is 0 Å². The van der Waals surface area contributed by atoms with Crippen LogP contribution < -0.4 is 5.32 Å². The Morgan fingerprint density at radius 3 is 2.76 bits per heavy atom. The minimum absolute atomic E-state index is 0.225. The van der Waals surface area contributed by atoms with Crippen LogP contribution in [0.25, 0.3) is 0 Å². The molecule has 1 fully saturated rings. The van der Waals surface area contributed by atoms with Crippen LogP contribution in [0.5, 0.6) is 0 Å². The van der Waals surface area contributed by atoms with Gasteiger partial charge in [-0.1, -0.05) is 12.1 Å². The van der Waals surface area contributed by atoms with E-state index in [1.807, 2.05) is 6.07 Å². The largest absolute Gasteiger partial charge is 0.401 e. The van der Waals surface area contributed by atoms with Crippen LogP contribution in [0.4, 0.5) is 17.6 Å². The highest BCUT2D eigenvalue weighted by Gasteiger charge is 2.34. The molecule has 1 heterocycles. The van der Waals surface area contributed by atoms with Crippen LogP contribution in [0, 0.1) is 18.7 Å². The van der Waals surface area contributed by atoms with E-state index in [2.05, 4.69) is 5.32 Å². The van der Waals surface area contributed by atoms with Crippen molar-refractivity contribution in [2.24, 2.45) is 5.92 Å². The zero-order valence-corrected chi connectivity index (χ0v) is 12.0. The fraction of sp³-hybridized carbons (Fsp3) is 0.600. The fourth-order valence-corrected chi connectivity index (χ4v) is 2.64. The predicted octanol–water partition coefficient (Wildman–Crippen LogP) is 3.11. The van der Waals surface area contributed by atoms with Gasteiger partial charge in [-0.15, -0.1) is 0 Å². The van der Waals surface area contributed by atoms with Gasteiger partial charge >= 0.3 is 6.18 Å². The summed E-state index contributed by atoms with van der Waals surface area (Å²) in [5.41, 5.74) is 1.46. The molecule has 1 aromatic carbocycles. The van der Waals surface area contributed by atoms with E-state index >= 15 is 0 Å². The summed E-state index contributed by atoms with van der Waals surface area (Å²) in [4.78, 5) is 1.44. The Labute approximate surface area is 122 Å². The average Bonchev–Trinajstić information content (AvgIpc) is 2.79. The second kappa shape index (κ2) is 6.75.